The van der Waals surface area contributed by atoms with Gasteiger partial charge in [0, 0.05) is 24.5 Å². The average molecular weight is 441 g/mol. The molecule has 0 saturated heterocycles. The van der Waals surface area contributed by atoms with E-state index in [-0.39, 0.29) is 16.8 Å². The van der Waals surface area contributed by atoms with Crippen LogP contribution in [0.15, 0.2) is 64.9 Å². The van der Waals surface area contributed by atoms with Gasteiger partial charge in [-0.3, -0.25) is 4.79 Å². The molecular formula is C23H24N2O3S2. The molecule has 0 radical (unpaired) electrons. The lowest BCUT2D eigenvalue weighted by molar-refractivity contribution is 0.0943. The number of aryl methyl sites for hydroxylation is 2. The first-order valence-electron chi connectivity index (χ1n) is 9.85. The van der Waals surface area contributed by atoms with Crippen LogP contribution in [0.5, 0.6) is 0 Å². The SMILES string of the molecule is CN(C)S(=O)(=O)c1ccc(C(=O)N[C@@H](c2ccc3c(c2)CCC3)c2cccs2)cc1. The number of benzene rings is 2. The van der Waals surface area contributed by atoms with Gasteiger partial charge in [-0.15, -0.1) is 11.3 Å². The van der Waals surface area contributed by atoms with Gasteiger partial charge in [0.25, 0.3) is 5.91 Å². The molecule has 1 amide bonds. The van der Waals surface area contributed by atoms with Crippen LogP contribution in [0, 0.1) is 0 Å². The summed E-state index contributed by atoms with van der Waals surface area (Å²) in [5.41, 5.74) is 4.25. The molecule has 2 aromatic carbocycles. The van der Waals surface area contributed by atoms with Gasteiger partial charge in [0.15, 0.2) is 0 Å². The standard InChI is InChI=1S/C23H24N2O3S2/c1-25(2)30(27,28)20-12-10-17(11-13-20)23(26)24-22(21-7-4-14-29-21)19-9-8-16-5-3-6-18(16)15-19/h4,7-15,22H,3,5-6H2,1-2H3,(H,24,26)/t22-/m0/s1. The highest BCUT2D eigenvalue weighted by Gasteiger charge is 2.22. The molecule has 0 spiro atoms. The summed E-state index contributed by atoms with van der Waals surface area (Å²) in [5.74, 6) is -0.234. The molecule has 1 aliphatic rings. The second-order valence-electron chi connectivity index (χ2n) is 7.62. The summed E-state index contributed by atoms with van der Waals surface area (Å²) >= 11 is 1.61. The normalized spacial score (nSPS) is 14.5. The zero-order valence-corrected chi connectivity index (χ0v) is 18.6. The number of carbonyl (C=O) groups excluding carboxylic acids is 1. The number of nitrogens with zero attached hydrogens (tertiary/aromatic N) is 1. The lowest BCUT2D eigenvalue weighted by Crippen LogP contribution is -2.29. The van der Waals surface area contributed by atoms with Gasteiger partial charge in [-0.2, -0.15) is 0 Å². The van der Waals surface area contributed by atoms with Gasteiger partial charge >= 0.3 is 0 Å². The average Bonchev–Trinajstić information content (AvgIpc) is 3.43. The number of amides is 1. The van der Waals surface area contributed by atoms with E-state index in [1.54, 1.807) is 23.5 Å². The van der Waals surface area contributed by atoms with Gasteiger partial charge in [0.2, 0.25) is 10.0 Å². The molecule has 156 valence electrons. The molecule has 3 aromatic rings. The summed E-state index contributed by atoms with van der Waals surface area (Å²) < 4.78 is 25.7. The number of hydrogen-bond donors (Lipinski definition) is 1. The molecule has 1 atom stereocenters. The molecule has 1 N–H and O–H groups in total. The summed E-state index contributed by atoms with van der Waals surface area (Å²) in [6, 6.07) is 16.3. The Kier molecular flexibility index (Phi) is 5.77. The molecule has 4 rings (SSSR count). The van der Waals surface area contributed by atoms with E-state index >= 15 is 0 Å². The maximum Gasteiger partial charge on any atom is 0.252 e. The van der Waals surface area contributed by atoms with Gasteiger partial charge in [0.1, 0.15) is 0 Å². The monoisotopic (exact) mass is 440 g/mol. The zero-order valence-electron chi connectivity index (χ0n) is 17.0. The van der Waals surface area contributed by atoms with E-state index in [2.05, 4.69) is 23.5 Å². The van der Waals surface area contributed by atoms with Crippen LogP contribution >= 0.6 is 11.3 Å². The van der Waals surface area contributed by atoms with Gasteiger partial charge in [-0.05, 0) is 71.7 Å². The Hall–Kier alpha value is -2.48. The number of thiophene rings is 1. The van der Waals surface area contributed by atoms with E-state index in [4.69, 9.17) is 0 Å². The fourth-order valence-electron chi connectivity index (χ4n) is 3.75. The Balaban J connectivity index is 1.60. The minimum Gasteiger partial charge on any atom is -0.340 e. The van der Waals surface area contributed by atoms with E-state index in [0.717, 1.165) is 27.6 Å². The first kappa shape index (κ1) is 20.8. The van der Waals surface area contributed by atoms with Crippen molar-refractivity contribution >= 4 is 27.3 Å². The lowest BCUT2D eigenvalue weighted by Gasteiger charge is -2.19. The molecular weight excluding hydrogens is 416 g/mol. The number of carbonyl (C=O) groups is 1. The molecule has 1 aliphatic carbocycles. The van der Waals surface area contributed by atoms with Crippen LogP contribution in [0.1, 0.15) is 44.4 Å². The van der Waals surface area contributed by atoms with Crippen LogP contribution in [0.25, 0.3) is 0 Å². The number of hydrogen-bond acceptors (Lipinski definition) is 4. The zero-order chi connectivity index (χ0) is 21.3. The van der Waals surface area contributed by atoms with E-state index in [9.17, 15) is 13.2 Å². The fourth-order valence-corrected chi connectivity index (χ4v) is 5.45. The highest BCUT2D eigenvalue weighted by molar-refractivity contribution is 7.89. The predicted molar refractivity (Wildman–Crippen MR) is 119 cm³/mol. The largest absolute Gasteiger partial charge is 0.340 e. The van der Waals surface area contributed by atoms with Crippen LogP contribution < -0.4 is 5.32 Å². The van der Waals surface area contributed by atoms with E-state index in [1.165, 1.54) is 43.8 Å². The van der Waals surface area contributed by atoms with Gasteiger partial charge < -0.3 is 5.32 Å². The molecule has 1 aromatic heterocycles. The molecule has 7 heteroatoms. The number of nitrogens with one attached hydrogen (secondary N) is 1. The molecule has 0 fully saturated rings. The third-order valence-corrected chi connectivity index (χ3v) is 8.22. The van der Waals surface area contributed by atoms with Gasteiger partial charge in [0.05, 0.1) is 10.9 Å². The van der Waals surface area contributed by atoms with Crippen molar-refractivity contribution < 1.29 is 13.2 Å². The lowest BCUT2D eigenvalue weighted by atomic mass is 9.99. The van der Waals surface area contributed by atoms with Crippen molar-refractivity contribution in [2.24, 2.45) is 0 Å². The summed E-state index contributed by atoms with van der Waals surface area (Å²) in [6.45, 7) is 0. The molecule has 0 bridgehead atoms. The highest BCUT2D eigenvalue weighted by Crippen LogP contribution is 2.31. The van der Waals surface area contributed by atoms with Crippen LogP contribution in [0.4, 0.5) is 0 Å². The van der Waals surface area contributed by atoms with Crippen molar-refractivity contribution in [2.45, 2.75) is 30.2 Å². The number of sulfonamides is 1. The first-order valence-corrected chi connectivity index (χ1v) is 12.2. The second-order valence-corrected chi connectivity index (χ2v) is 10.7. The van der Waals surface area contributed by atoms with Crippen LogP contribution in [0.2, 0.25) is 0 Å². The fraction of sp³-hybridized carbons (Fsp3) is 0.261. The van der Waals surface area contributed by atoms with E-state index < -0.39 is 10.0 Å². The van der Waals surface area contributed by atoms with Gasteiger partial charge in [-0.1, -0.05) is 24.3 Å². The Morgan fingerprint density at radius 3 is 2.43 bits per heavy atom. The molecule has 0 unspecified atom stereocenters. The molecule has 1 heterocycles. The minimum absolute atomic E-state index is 0.164. The molecule has 0 aliphatic heterocycles. The maximum absolute atomic E-state index is 13.0. The Morgan fingerprint density at radius 1 is 1.03 bits per heavy atom. The van der Waals surface area contributed by atoms with E-state index in [0.29, 0.717) is 5.56 Å². The van der Waals surface area contributed by atoms with Crippen molar-refractivity contribution in [2.75, 3.05) is 14.1 Å². The van der Waals surface area contributed by atoms with Crippen molar-refractivity contribution in [3.05, 3.63) is 87.1 Å². The van der Waals surface area contributed by atoms with E-state index in [1.807, 2.05) is 17.5 Å². The Morgan fingerprint density at radius 2 is 1.77 bits per heavy atom. The topological polar surface area (TPSA) is 66.5 Å². The smallest absolute Gasteiger partial charge is 0.252 e. The summed E-state index contributed by atoms with van der Waals surface area (Å²) in [4.78, 5) is 14.2. The van der Waals surface area contributed by atoms with Crippen molar-refractivity contribution in [1.29, 1.82) is 0 Å². The quantitative estimate of drug-likeness (QED) is 0.630. The summed E-state index contributed by atoms with van der Waals surface area (Å²) in [7, 11) is -0.555. The van der Waals surface area contributed by atoms with Crippen molar-refractivity contribution in [3.8, 4) is 0 Å². The Bertz CT molecular complexity index is 1150. The van der Waals surface area contributed by atoms with Gasteiger partial charge in [-0.25, -0.2) is 12.7 Å². The molecule has 5 nitrogen and oxygen atoms in total. The maximum atomic E-state index is 13.0. The highest BCUT2D eigenvalue weighted by atomic mass is 32.2. The second kappa shape index (κ2) is 8.34. The third kappa shape index (κ3) is 4.05. The summed E-state index contributed by atoms with van der Waals surface area (Å²) in [5, 5.41) is 5.14. The molecule has 30 heavy (non-hydrogen) atoms. The third-order valence-electron chi connectivity index (χ3n) is 5.45. The number of fused-ring (bicyclic) bond motifs is 1. The van der Waals surface area contributed by atoms with Crippen LogP contribution in [-0.2, 0) is 22.9 Å². The Labute approximate surface area is 181 Å². The molecule has 0 saturated carbocycles. The minimum atomic E-state index is -3.52. The predicted octanol–water partition coefficient (Wildman–Crippen LogP) is 4.01. The van der Waals surface area contributed by atoms with Crippen molar-refractivity contribution in [3.63, 3.8) is 0 Å². The summed E-state index contributed by atoms with van der Waals surface area (Å²) in [6.07, 6.45) is 3.38. The first-order chi connectivity index (χ1) is 14.4. The van der Waals surface area contributed by atoms with Crippen LogP contribution in [0.3, 0.4) is 0 Å². The van der Waals surface area contributed by atoms with Crippen molar-refractivity contribution in [1.82, 2.24) is 9.62 Å². The number of rotatable bonds is 6. The van der Waals surface area contributed by atoms with Crippen LogP contribution in [-0.4, -0.2) is 32.7 Å².